The molecular formula is C10H14BrN. The van der Waals surface area contributed by atoms with E-state index in [0.717, 1.165) is 11.9 Å². The molecule has 0 radical (unpaired) electrons. The van der Waals surface area contributed by atoms with Crippen molar-refractivity contribution in [1.29, 1.82) is 0 Å². The summed E-state index contributed by atoms with van der Waals surface area (Å²) in [6.07, 6.45) is 1.11. The van der Waals surface area contributed by atoms with E-state index >= 15 is 0 Å². The zero-order valence-electron chi connectivity index (χ0n) is 7.55. The fraction of sp³-hybridized carbons (Fsp3) is 0.400. The third kappa shape index (κ3) is 2.24. The highest BCUT2D eigenvalue weighted by Crippen LogP contribution is 2.14. The van der Waals surface area contributed by atoms with Gasteiger partial charge in [0.1, 0.15) is 0 Å². The summed E-state index contributed by atoms with van der Waals surface area (Å²) < 4.78 is 0. The average molecular weight is 228 g/mol. The molecule has 0 aliphatic rings. The predicted molar refractivity (Wildman–Crippen MR) is 58.0 cm³/mol. The van der Waals surface area contributed by atoms with Gasteiger partial charge in [0, 0.05) is 12.7 Å². The van der Waals surface area contributed by atoms with Gasteiger partial charge < -0.3 is 4.90 Å². The molecule has 0 spiro atoms. The number of anilines is 1. The standard InChI is InChI=1S/C10H14BrN/c1-3-9-4-6-10(7-5-9)12(2)8-11/h4-7H,3,8H2,1-2H3. The maximum Gasteiger partial charge on any atom is 0.0732 e. The largest absolute Gasteiger partial charge is 0.365 e. The Labute approximate surface area is 82.5 Å². The first-order chi connectivity index (χ1) is 5.77. The molecule has 0 bridgehead atoms. The summed E-state index contributed by atoms with van der Waals surface area (Å²) in [5, 5.41) is 0. The minimum atomic E-state index is 0.873. The molecule has 0 aliphatic heterocycles. The van der Waals surface area contributed by atoms with Gasteiger partial charge in [0.15, 0.2) is 0 Å². The van der Waals surface area contributed by atoms with Crippen LogP contribution in [0.15, 0.2) is 24.3 Å². The van der Waals surface area contributed by atoms with Crippen LogP contribution in [0.2, 0.25) is 0 Å². The Morgan fingerprint density at radius 3 is 2.25 bits per heavy atom. The van der Waals surface area contributed by atoms with E-state index in [2.05, 4.69) is 59.1 Å². The van der Waals surface area contributed by atoms with Crippen molar-refractivity contribution in [2.24, 2.45) is 0 Å². The highest BCUT2D eigenvalue weighted by Gasteiger charge is 1.96. The van der Waals surface area contributed by atoms with Gasteiger partial charge in [-0.2, -0.15) is 0 Å². The highest BCUT2D eigenvalue weighted by molar-refractivity contribution is 9.09. The smallest absolute Gasteiger partial charge is 0.0732 e. The van der Waals surface area contributed by atoms with Gasteiger partial charge in [-0.25, -0.2) is 0 Å². The van der Waals surface area contributed by atoms with E-state index in [-0.39, 0.29) is 0 Å². The van der Waals surface area contributed by atoms with Gasteiger partial charge in [-0.3, -0.25) is 0 Å². The first kappa shape index (κ1) is 9.59. The zero-order chi connectivity index (χ0) is 8.97. The molecular weight excluding hydrogens is 214 g/mol. The van der Waals surface area contributed by atoms with Crippen LogP contribution in [0.25, 0.3) is 0 Å². The molecule has 1 rings (SSSR count). The van der Waals surface area contributed by atoms with Crippen LogP contribution in [0.3, 0.4) is 0 Å². The summed E-state index contributed by atoms with van der Waals surface area (Å²) in [6.45, 7) is 2.17. The quantitative estimate of drug-likeness (QED) is 0.567. The third-order valence-corrected chi connectivity index (χ3v) is 2.72. The van der Waals surface area contributed by atoms with Crippen LogP contribution in [0.1, 0.15) is 12.5 Å². The van der Waals surface area contributed by atoms with Crippen molar-refractivity contribution in [3.63, 3.8) is 0 Å². The van der Waals surface area contributed by atoms with Crippen molar-refractivity contribution >= 4 is 21.6 Å². The number of hydrogen-bond acceptors (Lipinski definition) is 1. The first-order valence-corrected chi connectivity index (χ1v) is 5.26. The van der Waals surface area contributed by atoms with E-state index in [0.29, 0.717) is 0 Å². The Balaban J connectivity index is 2.77. The Kier molecular flexibility index (Phi) is 3.60. The molecule has 0 aliphatic carbocycles. The van der Waals surface area contributed by atoms with E-state index in [1.807, 2.05) is 0 Å². The van der Waals surface area contributed by atoms with Gasteiger partial charge in [-0.1, -0.05) is 35.0 Å². The molecule has 66 valence electrons. The Morgan fingerprint density at radius 1 is 1.25 bits per heavy atom. The summed E-state index contributed by atoms with van der Waals surface area (Å²) in [6, 6.07) is 8.66. The van der Waals surface area contributed by atoms with Gasteiger partial charge in [0.25, 0.3) is 0 Å². The van der Waals surface area contributed by atoms with Crippen LogP contribution < -0.4 is 4.90 Å². The van der Waals surface area contributed by atoms with Crippen molar-refractivity contribution < 1.29 is 0 Å². The fourth-order valence-electron chi connectivity index (χ4n) is 1.06. The lowest BCUT2D eigenvalue weighted by molar-refractivity contribution is 1.09. The molecule has 0 amide bonds. The average Bonchev–Trinajstić information content (AvgIpc) is 2.17. The second kappa shape index (κ2) is 4.51. The molecule has 1 aromatic rings. The monoisotopic (exact) mass is 227 g/mol. The number of hydrogen-bond donors (Lipinski definition) is 0. The molecule has 0 unspecified atom stereocenters. The van der Waals surface area contributed by atoms with Gasteiger partial charge in [-0.15, -0.1) is 0 Å². The molecule has 0 saturated carbocycles. The van der Waals surface area contributed by atoms with Crippen LogP contribution in [0.5, 0.6) is 0 Å². The molecule has 0 atom stereocenters. The summed E-state index contributed by atoms with van der Waals surface area (Å²) in [4.78, 5) is 2.15. The van der Waals surface area contributed by atoms with Crippen molar-refractivity contribution in [1.82, 2.24) is 0 Å². The van der Waals surface area contributed by atoms with Crippen molar-refractivity contribution in [3.8, 4) is 0 Å². The SMILES string of the molecule is CCc1ccc(N(C)CBr)cc1. The second-order valence-electron chi connectivity index (χ2n) is 2.84. The van der Waals surface area contributed by atoms with Crippen molar-refractivity contribution in [2.45, 2.75) is 13.3 Å². The molecule has 0 heterocycles. The lowest BCUT2D eigenvalue weighted by Gasteiger charge is -2.15. The molecule has 0 saturated heterocycles. The molecule has 12 heavy (non-hydrogen) atoms. The van der Waals surface area contributed by atoms with Crippen LogP contribution >= 0.6 is 15.9 Å². The van der Waals surface area contributed by atoms with Crippen LogP contribution in [-0.2, 0) is 6.42 Å². The van der Waals surface area contributed by atoms with Crippen molar-refractivity contribution in [3.05, 3.63) is 29.8 Å². The Hall–Kier alpha value is -0.500. The van der Waals surface area contributed by atoms with E-state index in [4.69, 9.17) is 0 Å². The van der Waals surface area contributed by atoms with E-state index in [1.54, 1.807) is 0 Å². The fourth-order valence-corrected chi connectivity index (χ4v) is 1.34. The van der Waals surface area contributed by atoms with E-state index < -0.39 is 0 Å². The number of benzene rings is 1. The normalized spacial score (nSPS) is 9.92. The predicted octanol–water partition coefficient (Wildman–Crippen LogP) is 3.04. The number of aryl methyl sites for hydroxylation is 1. The number of alkyl halides is 1. The maximum atomic E-state index is 3.41. The van der Waals surface area contributed by atoms with Crippen molar-refractivity contribution in [2.75, 3.05) is 17.4 Å². The van der Waals surface area contributed by atoms with Gasteiger partial charge >= 0.3 is 0 Å². The number of rotatable bonds is 3. The van der Waals surface area contributed by atoms with Gasteiger partial charge in [0.05, 0.1) is 5.45 Å². The summed E-state index contributed by atoms with van der Waals surface area (Å²) in [5.74, 6) is 0. The lowest BCUT2D eigenvalue weighted by atomic mass is 10.1. The highest BCUT2D eigenvalue weighted by atomic mass is 79.9. The Bertz CT molecular complexity index is 230. The van der Waals surface area contributed by atoms with Crippen LogP contribution in [0, 0.1) is 0 Å². The summed E-state index contributed by atoms with van der Waals surface area (Å²) in [5.41, 5.74) is 3.52. The second-order valence-corrected chi connectivity index (χ2v) is 3.34. The maximum absolute atomic E-state index is 3.41. The number of halogens is 1. The summed E-state index contributed by atoms with van der Waals surface area (Å²) in [7, 11) is 2.07. The molecule has 2 heteroatoms. The van der Waals surface area contributed by atoms with Crippen LogP contribution in [0.4, 0.5) is 5.69 Å². The Morgan fingerprint density at radius 2 is 1.83 bits per heavy atom. The van der Waals surface area contributed by atoms with E-state index in [1.165, 1.54) is 11.3 Å². The molecule has 1 nitrogen and oxygen atoms in total. The minimum absolute atomic E-state index is 0.873. The molecule has 0 N–H and O–H groups in total. The first-order valence-electron chi connectivity index (χ1n) is 4.14. The molecule has 0 aromatic heterocycles. The number of nitrogens with zero attached hydrogens (tertiary/aromatic N) is 1. The molecule has 0 fully saturated rings. The lowest BCUT2D eigenvalue weighted by Crippen LogP contribution is -2.13. The van der Waals surface area contributed by atoms with Crippen LogP contribution in [-0.4, -0.2) is 12.5 Å². The third-order valence-electron chi connectivity index (χ3n) is 1.96. The minimum Gasteiger partial charge on any atom is -0.365 e. The zero-order valence-corrected chi connectivity index (χ0v) is 9.13. The summed E-state index contributed by atoms with van der Waals surface area (Å²) >= 11 is 3.41. The van der Waals surface area contributed by atoms with E-state index in [9.17, 15) is 0 Å². The topological polar surface area (TPSA) is 3.24 Å². The van der Waals surface area contributed by atoms with Gasteiger partial charge in [0.2, 0.25) is 0 Å². The van der Waals surface area contributed by atoms with Gasteiger partial charge in [-0.05, 0) is 24.1 Å². The molecule has 1 aromatic carbocycles.